The molecular formula is C33H30NO+. The summed E-state index contributed by atoms with van der Waals surface area (Å²) in [6.07, 6.45) is 0. The highest BCUT2D eigenvalue weighted by molar-refractivity contribution is 5.97. The summed E-state index contributed by atoms with van der Waals surface area (Å²) >= 11 is 0. The van der Waals surface area contributed by atoms with Crippen LogP contribution in [0.3, 0.4) is 0 Å². The van der Waals surface area contributed by atoms with Gasteiger partial charge in [0.15, 0.2) is 0 Å². The average Bonchev–Trinajstić information content (AvgIpc) is 3.39. The van der Waals surface area contributed by atoms with E-state index in [9.17, 15) is 0 Å². The van der Waals surface area contributed by atoms with Gasteiger partial charge in [0, 0.05) is 22.5 Å². The third kappa shape index (κ3) is 2.42. The Morgan fingerprint density at radius 2 is 1.29 bits per heavy atom. The van der Waals surface area contributed by atoms with Crippen molar-refractivity contribution in [2.24, 2.45) is 7.05 Å². The molecule has 2 aliphatic carbocycles. The van der Waals surface area contributed by atoms with Gasteiger partial charge < -0.3 is 4.42 Å². The quantitative estimate of drug-likeness (QED) is 0.235. The van der Waals surface area contributed by atoms with Gasteiger partial charge in [-0.05, 0) is 51.4 Å². The highest BCUT2D eigenvalue weighted by Crippen LogP contribution is 2.54. The lowest BCUT2D eigenvalue weighted by Crippen LogP contribution is -2.30. The third-order valence-corrected chi connectivity index (χ3v) is 8.69. The van der Waals surface area contributed by atoms with E-state index in [4.69, 9.17) is 4.42 Å². The lowest BCUT2D eigenvalue weighted by molar-refractivity contribution is -0.637. The molecule has 172 valence electrons. The Balaban J connectivity index is 1.56. The second kappa shape index (κ2) is 6.51. The highest BCUT2D eigenvalue weighted by Gasteiger charge is 2.43. The number of hydrogen-bond donors (Lipinski definition) is 0. The number of fused-ring (bicyclic) bond motifs is 8. The highest BCUT2D eigenvalue weighted by atomic mass is 16.4. The molecule has 2 nitrogen and oxygen atoms in total. The van der Waals surface area contributed by atoms with E-state index < -0.39 is 0 Å². The van der Waals surface area contributed by atoms with Crippen molar-refractivity contribution in [2.45, 2.75) is 45.4 Å². The van der Waals surface area contributed by atoms with E-state index in [1.807, 2.05) is 0 Å². The lowest BCUT2D eigenvalue weighted by Gasteiger charge is -2.23. The Morgan fingerprint density at radius 1 is 0.629 bits per heavy atom. The molecule has 0 fully saturated rings. The minimum Gasteiger partial charge on any atom is -0.397 e. The number of rotatable bonds is 1. The van der Waals surface area contributed by atoms with Gasteiger partial charge >= 0.3 is 5.89 Å². The number of nitrogens with zero attached hydrogens (tertiary/aromatic N) is 1. The zero-order valence-electron chi connectivity index (χ0n) is 21.3. The maximum absolute atomic E-state index is 6.94. The van der Waals surface area contributed by atoms with Crippen LogP contribution in [0, 0.1) is 6.92 Å². The molecule has 1 heterocycles. The Morgan fingerprint density at radius 3 is 2.03 bits per heavy atom. The summed E-state index contributed by atoms with van der Waals surface area (Å²) in [5, 5.41) is 0. The standard InChI is InChI=1S/C33H30NO/c1-19-15-16-21-20-11-7-9-13-23(20)33(4,5)29(21)27(19)31-34(6)26-18-17-25-28(30(26)35-31)22-12-8-10-14-24(22)32(25,2)3/h7-18H,1-6H3/q+1. The van der Waals surface area contributed by atoms with Gasteiger partial charge in [0.2, 0.25) is 5.58 Å². The fourth-order valence-corrected chi connectivity index (χ4v) is 6.87. The number of benzene rings is 4. The predicted molar refractivity (Wildman–Crippen MR) is 143 cm³/mol. The fourth-order valence-electron chi connectivity index (χ4n) is 6.87. The molecule has 0 unspecified atom stereocenters. The zero-order valence-corrected chi connectivity index (χ0v) is 21.3. The molecule has 0 spiro atoms. The maximum Gasteiger partial charge on any atom is 0.381 e. The molecule has 0 aliphatic heterocycles. The molecule has 1 aromatic heterocycles. The number of aryl methyl sites for hydroxylation is 2. The molecule has 5 aromatic rings. The number of aromatic nitrogens is 1. The molecule has 7 rings (SSSR count). The summed E-state index contributed by atoms with van der Waals surface area (Å²) < 4.78 is 9.19. The molecule has 0 radical (unpaired) electrons. The van der Waals surface area contributed by atoms with Crippen LogP contribution < -0.4 is 4.57 Å². The number of hydrogen-bond acceptors (Lipinski definition) is 1. The molecule has 2 aliphatic rings. The Hall–Kier alpha value is -3.65. The van der Waals surface area contributed by atoms with Gasteiger partial charge in [-0.15, -0.1) is 0 Å². The first kappa shape index (κ1) is 20.7. The monoisotopic (exact) mass is 456 g/mol. The van der Waals surface area contributed by atoms with Crippen molar-refractivity contribution in [1.82, 2.24) is 0 Å². The van der Waals surface area contributed by atoms with E-state index in [2.05, 4.69) is 119 Å². The van der Waals surface area contributed by atoms with Crippen LogP contribution in [0.25, 0.3) is 44.8 Å². The van der Waals surface area contributed by atoms with Crippen LogP contribution in [0.15, 0.2) is 77.2 Å². The smallest absolute Gasteiger partial charge is 0.381 e. The Bertz CT molecular complexity index is 1710. The molecule has 0 saturated heterocycles. The largest absolute Gasteiger partial charge is 0.397 e. The molecule has 4 aromatic carbocycles. The minimum absolute atomic E-state index is 0.0425. The summed E-state index contributed by atoms with van der Waals surface area (Å²) in [6.45, 7) is 11.5. The van der Waals surface area contributed by atoms with Crippen molar-refractivity contribution >= 4 is 11.1 Å². The van der Waals surface area contributed by atoms with E-state index in [0.717, 1.165) is 17.0 Å². The first-order valence-corrected chi connectivity index (χ1v) is 12.5. The Labute approximate surface area is 206 Å². The van der Waals surface area contributed by atoms with Gasteiger partial charge in [0.1, 0.15) is 7.05 Å². The molecule has 0 saturated carbocycles. The molecule has 0 atom stereocenters. The van der Waals surface area contributed by atoms with Gasteiger partial charge in [-0.3, -0.25) is 0 Å². The third-order valence-electron chi connectivity index (χ3n) is 8.69. The van der Waals surface area contributed by atoms with Gasteiger partial charge in [0.05, 0.1) is 5.56 Å². The van der Waals surface area contributed by atoms with E-state index in [-0.39, 0.29) is 10.8 Å². The summed E-state index contributed by atoms with van der Waals surface area (Å²) in [6, 6.07) is 26.7. The van der Waals surface area contributed by atoms with Crippen molar-refractivity contribution < 1.29 is 8.98 Å². The summed E-state index contributed by atoms with van der Waals surface area (Å²) in [7, 11) is 2.15. The maximum atomic E-state index is 6.94. The summed E-state index contributed by atoms with van der Waals surface area (Å²) in [4.78, 5) is 0. The molecule has 0 N–H and O–H groups in total. The van der Waals surface area contributed by atoms with Crippen molar-refractivity contribution in [2.75, 3.05) is 0 Å². The second-order valence-electron chi connectivity index (χ2n) is 11.3. The van der Waals surface area contributed by atoms with Crippen LogP contribution in [-0.4, -0.2) is 0 Å². The summed E-state index contributed by atoms with van der Waals surface area (Å²) in [5.74, 6) is 0.936. The molecule has 2 heteroatoms. The number of oxazole rings is 1. The van der Waals surface area contributed by atoms with Crippen molar-refractivity contribution in [3.8, 4) is 33.7 Å². The van der Waals surface area contributed by atoms with E-state index in [1.165, 1.54) is 55.6 Å². The minimum atomic E-state index is -0.101. The van der Waals surface area contributed by atoms with Gasteiger partial charge in [-0.25, -0.2) is 0 Å². The first-order valence-electron chi connectivity index (χ1n) is 12.5. The first-order chi connectivity index (χ1) is 16.7. The van der Waals surface area contributed by atoms with Gasteiger partial charge in [-0.1, -0.05) is 94.4 Å². The molecular weight excluding hydrogens is 426 g/mol. The predicted octanol–water partition coefficient (Wildman–Crippen LogP) is 7.85. The Kier molecular flexibility index (Phi) is 3.85. The normalized spacial score (nSPS) is 16.2. The van der Waals surface area contributed by atoms with Crippen LogP contribution in [0.1, 0.15) is 55.5 Å². The SMILES string of the molecule is Cc1ccc2c(c1-c1oc3c4c(ccc3[n+]1C)C(C)(C)c1ccccc1-4)C(C)(C)c1ccccc1-2. The molecule has 35 heavy (non-hydrogen) atoms. The van der Waals surface area contributed by atoms with E-state index in [0.29, 0.717) is 0 Å². The van der Waals surface area contributed by atoms with Crippen molar-refractivity contribution in [3.05, 3.63) is 101 Å². The van der Waals surface area contributed by atoms with Crippen LogP contribution in [0.2, 0.25) is 0 Å². The van der Waals surface area contributed by atoms with Crippen LogP contribution in [-0.2, 0) is 17.9 Å². The fraction of sp³-hybridized carbons (Fsp3) is 0.242. The summed E-state index contributed by atoms with van der Waals surface area (Å²) in [5.41, 5.74) is 15.1. The van der Waals surface area contributed by atoms with Crippen LogP contribution in [0.5, 0.6) is 0 Å². The topological polar surface area (TPSA) is 17.0 Å². The van der Waals surface area contributed by atoms with Crippen molar-refractivity contribution in [3.63, 3.8) is 0 Å². The molecule has 0 amide bonds. The second-order valence-corrected chi connectivity index (χ2v) is 11.3. The van der Waals surface area contributed by atoms with E-state index in [1.54, 1.807) is 0 Å². The van der Waals surface area contributed by atoms with Crippen molar-refractivity contribution in [1.29, 1.82) is 0 Å². The average molecular weight is 457 g/mol. The van der Waals surface area contributed by atoms with Crippen LogP contribution >= 0.6 is 0 Å². The van der Waals surface area contributed by atoms with Gasteiger partial charge in [-0.2, -0.15) is 4.57 Å². The lowest BCUT2D eigenvalue weighted by atomic mass is 9.79. The molecule has 0 bridgehead atoms. The van der Waals surface area contributed by atoms with E-state index >= 15 is 0 Å². The zero-order chi connectivity index (χ0) is 24.3. The van der Waals surface area contributed by atoms with Gasteiger partial charge in [0.25, 0.3) is 5.52 Å². The van der Waals surface area contributed by atoms with Crippen LogP contribution in [0.4, 0.5) is 0 Å².